The zero-order chi connectivity index (χ0) is 16.3. The predicted molar refractivity (Wildman–Crippen MR) is 67.7 cm³/mol. The number of rotatable bonds is 5. The monoisotopic (exact) mass is 310 g/mol. The van der Waals surface area contributed by atoms with Crippen molar-refractivity contribution in [2.24, 2.45) is 35.5 Å². The zero-order valence-electron chi connectivity index (χ0n) is 11.3. The maximum absolute atomic E-state index is 11.5. The normalized spacial score (nSPS) is 38.4. The van der Waals surface area contributed by atoms with E-state index >= 15 is 0 Å². The van der Waals surface area contributed by atoms with E-state index in [1.54, 1.807) is 0 Å². The van der Waals surface area contributed by atoms with E-state index < -0.39 is 53.5 Å². The highest BCUT2D eigenvalue weighted by Gasteiger charge is 2.68. The van der Waals surface area contributed by atoms with Crippen LogP contribution in [0, 0.1) is 35.5 Å². The Morgan fingerprint density at radius 2 is 1.36 bits per heavy atom. The standard InChI is InChI=1S/C14H14O8/c15-6(16)2-4-3-1-5(7(4)12(17)18)9-8(3)10(13(19)20)11(9)14(21)22/h3-5,7-9H,1-2H2,(H,15,16)(H,17,18)(H,19,20)(H,21,22). The van der Waals surface area contributed by atoms with Crippen LogP contribution in [0.25, 0.3) is 0 Å². The summed E-state index contributed by atoms with van der Waals surface area (Å²) in [6.07, 6.45) is 0.0362. The molecule has 0 spiro atoms. The molecule has 2 bridgehead atoms. The minimum atomic E-state index is -1.33. The van der Waals surface area contributed by atoms with Gasteiger partial charge in [-0.05, 0) is 24.2 Å². The second-order valence-electron chi connectivity index (χ2n) is 6.18. The van der Waals surface area contributed by atoms with E-state index in [2.05, 4.69) is 0 Å². The highest BCUT2D eigenvalue weighted by Crippen LogP contribution is 2.68. The molecular weight excluding hydrogens is 296 g/mol. The van der Waals surface area contributed by atoms with Gasteiger partial charge in [0.25, 0.3) is 0 Å². The van der Waals surface area contributed by atoms with Crippen LogP contribution in [0.2, 0.25) is 0 Å². The molecule has 6 unspecified atom stereocenters. The lowest BCUT2D eigenvalue weighted by molar-refractivity contribution is -0.151. The zero-order valence-corrected chi connectivity index (χ0v) is 11.3. The highest BCUT2D eigenvalue weighted by atomic mass is 16.4. The Hall–Kier alpha value is -2.38. The van der Waals surface area contributed by atoms with Crippen LogP contribution in [0.3, 0.4) is 0 Å². The van der Waals surface area contributed by atoms with Gasteiger partial charge in [0, 0.05) is 18.3 Å². The van der Waals surface area contributed by atoms with Crippen molar-refractivity contribution in [2.75, 3.05) is 0 Å². The molecule has 0 amide bonds. The number of hydrogen-bond acceptors (Lipinski definition) is 4. The fourth-order valence-electron chi connectivity index (χ4n) is 4.95. The quantitative estimate of drug-likeness (QED) is 0.560. The van der Waals surface area contributed by atoms with Crippen LogP contribution in [0.15, 0.2) is 11.1 Å². The number of carboxylic acids is 4. The lowest BCUT2D eigenvalue weighted by Crippen LogP contribution is -2.49. The first-order valence-corrected chi connectivity index (χ1v) is 6.91. The predicted octanol–water partition coefficient (Wildman–Crippen LogP) is 0.140. The molecule has 0 aromatic heterocycles. The smallest absolute Gasteiger partial charge is 0.332 e. The second-order valence-corrected chi connectivity index (χ2v) is 6.18. The maximum Gasteiger partial charge on any atom is 0.332 e. The first-order valence-electron chi connectivity index (χ1n) is 6.91. The van der Waals surface area contributed by atoms with Gasteiger partial charge in [-0.3, -0.25) is 9.59 Å². The summed E-state index contributed by atoms with van der Waals surface area (Å²) in [5.41, 5.74) is -0.380. The Labute approximate surface area is 124 Å². The van der Waals surface area contributed by atoms with Crippen molar-refractivity contribution in [1.82, 2.24) is 0 Å². The fraction of sp³-hybridized carbons (Fsp3) is 0.571. The number of fused-ring (bicyclic) bond motifs is 5. The molecule has 2 saturated carbocycles. The van der Waals surface area contributed by atoms with E-state index in [-0.39, 0.29) is 23.5 Å². The van der Waals surface area contributed by atoms with Crippen molar-refractivity contribution in [3.8, 4) is 0 Å². The summed E-state index contributed by atoms with van der Waals surface area (Å²) in [7, 11) is 0. The molecule has 8 nitrogen and oxygen atoms in total. The maximum atomic E-state index is 11.5. The minimum absolute atomic E-state index is 0.177. The van der Waals surface area contributed by atoms with Crippen LogP contribution in [0.4, 0.5) is 0 Å². The van der Waals surface area contributed by atoms with E-state index in [4.69, 9.17) is 5.11 Å². The molecule has 4 N–H and O–H groups in total. The van der Waals surface area contributed by atoms with E-state index in [1.807, 2.05) is 0 Å². The second kappa shape index (κ2) is 4.56. The van der Waals surface area contributed by atoms with Crippen LogP contribution in [0.5, 0.6) is 0 Å². The molecule has 0 radical (unpaired) electrons. The molecule has 118 valence electrons. The Bertz CT molecular complexity index is 633. The molecule has 0 aliphatic heterocycles. The van der Waals surface area contributed by atoms with Gasteiger partial charge in [0.1, 0.15) is 0 Å². The van der Waals surface area contributed by atoms with Crippen LogP contribution in [-0.2, 0) is 19.2 Å². The van der Waals surface area contributed by atoms with Gasteiger partial charge in [-0.2, -0.15) is 0 Å². The SMILES string of the molecule is O=C(O)CC1C2CC(C1C(=O)O)C1C(C(=O)O)=C(C(=O)O)C21. The summed E-state index contributed by atoms with van der Waals surface area (Å²) in [5, 5.41) is 36.8. The number of carbonyl (C=O) groups is 4. The van der Waals surface area contributed by atoms with Crippen molar-refractivity contribution in [1.29, 1.82) is 0 Å². The third-order valence-electron chi connectivity index (χ3n) is 5.44. The van der Waals surface area contributed by atoms with Crippen molar-refractivity contribution >= 4 is 23.9 Å². The molecule has 0 heterocycles. The summed E-state index contributed by atoms with van der Waals surface area (Å²) >= 11 is 0. The summed E-state index contributed by atoms with van der Waals surface area (Å²) in [6, 6.07) is 0. The summed E-state index contributed by atoms with van der Waals surface area (Å²) < 4.78 is 0. The van der Waals surface area contributed by atoms with E-state index in [0.717, 1.165) is 0 Å². The molecule has 0 aromatic rings. The first-order chi connectivity index (χ1) is 10.3. The van der Waals surface area contributed by atoms with E-state index in [9.17, 15) is 34.5 Å². The average molecular weight is 310 g/mol. The number of hydrogen-bond donors (Lipinski definition) is 4. The topological polar surface area (TPSA) is 149 Å². The Morgan fingerprint density at radius 3 is 1.77 bits per heavy atom. The third kappa shape index (κ3) is 1.69. The van der Waals surface area contributed by atoms with Crippen LogP contribution in [-0.4, -0.2) is 44.3 Å². The third-order valence-corrected chi connectivity index (χ3v) is 5.44. The summed E-state index contributed by atoms with van der Waals surface area (Å²) in [5.74, 6) is -8.47. The Morgan fingerprint density at radius 1 is 0.864 bits per heavy atom. The summed E-state index contributed by atoms with van der Waals surface area (Å²) in [6.45, 7) is 0. The average Bonchev–Trinajstić information content (AvgIpc) is 2.78. The molecule has 2 fully saturated rings. The molecule has 3 aliphatic rings. The molecule has 3 rings (SSSR count). The number of carboxylic acid groups (broad SMARTS) is 4. The molecular formula is C14H14O8. The fourth-order valence-corrected chi connectivity index (χ4v) is 4.95. The van der Waals surface area contributed by atoms with Crippen LogP contribution >= 0.6 is 0 Å². The Kier molecular flexibility index (Phi) is 3.01. The van der Waals surface area contributed by atoms with Crippen molar-refractivity contribution in [2.45, 2.75) is 12.8 Å². The first kappa shape index (κ1) is 14.6. The van der Waals surface area contributed by atoms with E-state index in [0.29, 0.717) is 6.42 Å². The van der Waals surface area contributed by atoms with Crippen molar-refractivity contribution in [3.05, 3.63) is 11.1 Å². The molecule has 0 saturated heterocycles. The minimum Gasteiger partial charge on any atom is -0.481 e. The van der Waals surface area contributed by atoms with Crippen LogP contribution < -0.4 is 0 Å². The molecule has 6 atom stereocenters. The largest absolute Gasteiger partial charge is 0.481 e. The van der Waals surface area contributed by atoms with Crippen molar-refractivity contribution in [3.63, 3.8) is 0 Å². The van der Waals surface area contributed by atoms with Gasteiger partial charge in [0.2, 0.25) is 0 Å². The lowest BCUT2D eigenvalue weighted by Gasteiger charge is -2.46. The van der Waals surface area contributed by atoms with Gasteiger partial charge in [-0.25, -0.2) is 9.59 Å². The van der Waals surface area contributed by atoms with E-state index in [1.165, 1.54) is 0 Å². The van der Waals surface area contributed by atoms with Gasteiger partial charge < -0.3 is 20.4 Å². The van der Waals surface area contributed by atoms with Gasteiger partial charge in [-0.15, -0.1) is 0 Å². The van der Waals surface area contributed by atoms with Gasteiger partial charge in [0.05, 0.1) is 17.1 Å². The summed E-state index contributed by atoms with van der Waals surface area (Å²) in [4.78, 5) is 45.1. The van der Waals surface area contributed by atoms with Gasteiger partial charge in [-0.1, -0.05) is 0 Å². The molecule has 0 aromatic carbocycles. The van der Waals surface area contributed by atoms with Gasteiger partial charge >= 0.3 is 23.9 Å². The number of aliphatic carboxylic acids is 4. The van der Waals surface area contributed by atoms with Gasteiger partial charge in [0.15, 0.2) is 0 Å². The molecule has 22 heavy (non-hydrogen) atoms. The lowest BCUT2D eigenvalue weighted by atomic mass is 9.55. The molecule has 8 heteroatoms. The molecule has 3 aliphatic carbocycles. The Balaban J connectivity index is 2.02. The van der Waals surface area contributed by atoms with Crippen molar-refractivity contribution < 1.29 is 39.6 Å². The van der Waals surface area contributed by atoms with Crippen LogP contribution in [0.1, 0.15) is 12.8 Å². The highest BCUT2D eigenvalue weighted by molar-refractivity contribution is 6.03.